The highest BCUT2D eigenvalue weighted by Gasteiger charge is 2.36. The summed E-state index contributed by atoms with van der Waals surface area (Å²) in [4.78, 5) is 12.8. The van der Waals surface area contributed by atoms with E-state index < -0.39 is 9.84 Å². The first-order valence-electron chi connectivity index (χ1n) is 8.92. The van der Waals surface area contributed by atoms with E-state index in [-0.39, 0.29) is 34.9 Å². The number of carbonyl (C=O) groups is 1. The molecule has 1 atom stereocenters. The molecule has 0 amide bonds. The molecule has 1 aliphatic carbocycles. The van der Waals surface area contributed by atoms with Crippen molar-refractivity contribution in [2.75, 3.05) is 11.5 Å². The first-order valence-corrected chi connectivity index (χ1v) is 10.7. The largest absolute Gasteiger partial charge is 0.512 e. The fourth-order valence-electron chi connectivity index (χ4n) is 4.49. The van der Waals surface area contributed by atoms with E-state index in [1.54, 1.807) is 0 Å². The van der Waals surface area contributed by atoms with Crippen LogP contribution in [0, 0.1) is 32.6 Å². The first-order chi connectivity index (χ1) is 11.7. The molecule has 1 unspecified atom stereocenters. The van der Waals surface area contributed by atoms with Crippen LogP contribution in [-0.4, -0.2) is 30.8 Å². The second kappa shape index (κ2) is 6.60. The van der Waals surface area contributed by atoms with Crippen LogP contribution in [0.2, 0.25) is 0 Å². The van der Waals surface area contributed by atoms with Gasteiger partial charge in [0.1, 0.15) is 15.6 Å². The van der Waals surface area contributed by atoms with E-state index >= 15 is 0 Å². The lowest BCUT2D eigenvalue weighted by Gasteiger charge is -2.33. The minimum atomic E-state index is -2.91. The van der Waals surface area contributed by atoms with E-state index in [1.807, 2.05) is 32.9 Å². The van der Waals surface area contributed by atoms with Crippen molar-refractivity contribution < 1.29 is 18.3 Å². The molecule has 0 radical (unpaired) electrons. The van der Waals surface area contributed by atoms with E-state index in [4.69, 9.17) is 0 Å². The SMILES string of the molecule is Cc1cc(C)c(C2=C(O)CC(C3CCS(=O)(=O)CC3)CC2=O)c(C)c1. The number of allylic oxidation sites excluding steroid dienone is 2. The summed E-state index contributed by atoms with van der Waals surface area (Å²) in [6.07, 6.45) is 2.08. The Kier molecular flexibility index (Phi) is 4.80. The summed E-state index contributed by atoms with van der Waals surface area (Å²) < 4.78 is 23.2. The number of hydrogen-bond donors (Lipinski definition) is 1. The Morgan fingerprint density at radius 3 is 2.04 bits per heavy atom. The van der Waals surface area contributed by atoms with E-state index in [2.05, 4.69) is 0 Å². The normalized spacial score (nSPS) is 24.6. The van der Waals surface area contributed by atoms with E-state index in [0.717, 1.165) is 22.3 Å². The van der Waals surface area contributed by atoms with Gasteiger partial charge in [-0.3, -0.25) is 4.79 Å². The van der Waals surface area contributed by atoms with Crippen molar-refractivity contribution in [2.45, 2.75) is 46.5 Å². The van der Waals surface area contributed by atoms with Crippen LogP contribution in [0.15, 0.2) is 17.9 Å². The number of aryl methyl sites for hydroxylation is 3. The number of aliphatic hydroxyl groups is 1. The zero-order valence-electron chi connectivity index (χ0n) is 15.1. The minimum absolute atomic E-state index is 0.0165. The fraction of sp³-hybridized carbons (Fsp3) is 0.550. The Morgan fingerprint density at radius 2 is 1.52 bits per heavy atom. The van der Waals surface area contributed by atoms with Gasteiger partial charge in [0.05, 0.1) is 17.1 Å². The van der Waals surface area contributed by atoms with Crippen LogP contribution in [0.25, 0.3) is 5.57 Å². The third-order valence-electron chi connectivity index (χ3n) is 5.66. The predicted molar refractivity (Wildman–Crippen MR) is 99.3 cm³/mol. The zero-order chi connectivity index (χ0) is 18.4. The van der Waals surface area contributed by atoms with Crippen LogP contribution in [0.1, 0.15) is 47.9 Å². The highest BCUT2D eigenvalue weighted by atomic mass is 32.2. The zero-order valence-corrected chi connectivity index (χ0v) is 15.9. The third kappa shape index (κ3) is 3.66. The third-order valence-corrected chi connectivity index (χ3v) is 7.38. The van der Waals surface area contributed by atoms with Crippen LogP contribution in [0.5, 0.6) is 0 Å². The summed E-state index contributed by atoms with van der Waals surface area (Å²) >= 11 is 0. The van der Waals surface area contributed by atoms with Gasteiger partial charge in [-0.1, -0.05) is 17.7 Å². The van der Waals surface area contributed by atoms with Crippen molar-refractivity contribution in [1.82, 2.24) is 0 Å². The topological polar surface area (TPSA) is 71.4 Å². The summed E-state index contributed by atoms with van der Waals surface area (Å²) in [7, 11) is -2.91. The van der Waals surface area contributed by atoms with Gasteiger partial charge in [-0.15, -0.1) is 0 Å². The van der Waals surface area contributed by atoms with Crippen LogP contribution < -0.4 is 0 Å². The lowest BCUT2D eigenvalue weighted by Crippen LogP contribution is -2.32. The molecule has 4 nitrogen and oxygen atoms in total. The molecule has 1 saturated heterocycles. The summed E-state index contributed by atoms with van der Waals surface area (Å²) in [5, 5.41) is 10.7. The molecular weight excluding hydrogens is 336 g/mol. The standard InChI is InChI=1S/C20H26O4S/c1-12-8-13(2)19(14(3)9-12)20-17(21)10-16(11-18(20)22)15-4-6-25(23,24)7-5-15/h8-9,15-16,21H,4-7,10-11H2,1-3H3. The number of carbonyl (C=O) groups excluding carboxylic acids is 1. The predicted octanol–water partition coefficient (Wildman–Crippen LogP) is 3.68. The van der Waals surface area contributed by atoms with E-state index in [1.165, 1.54) is 0 Å². The minimum Gasteiger partial charge on any atom is -0.512 e. The maximum Gasteiger partial charge on any atom is 0.167 e. The van der Waals surface area contributed by atoms with Gasteiger partial charge in [-0.2, -0.15) is 0 Å². The van der Waals surface area contributed by atoms with Gasteiger partial charge in [0.25, 0.3) is 0 Å². The van der Waals surface area contributed by atoms with Gasteiger partial charge in [-0.05, 0) is 62.1 Å². The number of benzene rings is 1. The van der Waals surface area contributed by atoms with Gasteiger partial charge < -0.3 is 5.11 Å². The molecule has 3 rings (SSSR count). The Balaban J connectivity index is 1.88. The molecule has 2 aliphatic rings. The lowest BCUT2D eigenvalue weighted by atomic mass is 9.74. The van der Waals surface area contributed by atoms with Crippen LogP contribution in [0.4, 0.5) is 0 Å². The number of sulfone groups is 1. The molecule has 0 saturated carbocycles. The maximum atomic E-state index is 12.8. The highest BCUT2D eigenvalue weighted by Crippen LogP contribution is 2.40. The molecule has 1 aromatic carbocycles. The Morgan fingerprint density at radius 1 is 0.960 bits per heavy atom. The molecule has 0 aromatic heterocycles. The van der Waals surface area contributed by atoms with Gasteiger partial charge in [-0.25, -0.2) is 8.42 Å². The lowest BCUT2D eigenvalue weighted by molar-refractivity contribution is -0.115. The molecule has 1 heterocycles. The monoisotopic (exact) mass is 362 g/mol. The molecular formula is C20H26O4S. The quantitative estimate of drug-likeness (QED) is 0.871. The second-order valence-electron chi connectivity index (χ2n) is 7.68. The highest BCUT2D eigenvalue weighted by molar-refractivity contribution is 7.91. The molecule has 25 heavy (non-hydrogen) atoms. The molecule has 0 bridgehead atoms. The number of aliphatic hydroxyl groups excluding tert-OH is 1. The molecule has 0 spiro atoms. The van der Waals surface area contributed by atoms with Gasteiger partial charge >= 0.3 is 0 Å². The summed E-state index contributed by atoms with van der Waals surface area (Å²) in [5.74, 6) is 0.822. The smallest absolute Gasteiger partial charge is 0.167 e. The van der Waals surface area contributed by atoms with Crippen LogP contribution >= 0.6 is 0 Å². The Bertz CT molecular complexity index is 811. The Labute approximate surface area is 149 Å². The molecule has 1 fully saturated rings. The van der Waals surface area contributed by atoms with E-state index in [0.29, 0.717) is 31.3 Å². The number of Topliss-reactive ketones (excluding diaryl/α,β-unsaturated/α-hetero) is 1. The fourth-order valence-corrected chi connectivity index (χ4v) is 6.02. The van der Waals surface area contributed by atoms with Crippen molar-refractivity contribution in [3.05, 3.63) is 40.1 Å². The van der Waals surface area contributed by atoms with Gasteiger partial charge in [0.15, 0.2) is 5.78 Å². The summed E-state index contributed by atoms with van der Waals surface area (Å²) in [6, 6.07) is 4.07. The van der Waals surface area contributed by atoms with Crippen molar-refractivity contribution in [1.29, 1.82) is 0 Å². The van der Waals surface area contributed by atoms with Crippen molar-refractivity contribution >= 4 is 21.2 Å². The average molecular weight is 362 g/mol. The molecule has 5 heteroatoms. The van der Waals surface area contributed by atoms with Gasteiger partial charge in [0.2, 0.25) is 0 Å². The van der Waals surface area contributed by atoms with Gasteiger partial charge in [0, 0.05) is 12.8 Å². The number of hydrogen-bond acceptors (Lipinski definition) is 4. The summed E-state index contributed by atoms with van der Waals surface area (Å²) in [6.45, 7) is 5.97. The van der Waals surface area contributed by atoms with Crippen LogP contribution in [0.3, 0.4) is 0 Å². The molecule has 1 aliphatic heterocycles. The summed E-state index contributed by atoms with van der Waals surface area (Å²) in [5.41, 5.74) is 4.49. The van der Waals surface area contributed by atoms with Crippen molar-refractivity contribution in [3.63, 3.8) is 0 Å². The second-order valence-corrected chi connectivity index (χ2v) is 9.98. The first kappa shape index (κ1) is 18.2. The Hall–Kier alpha value is -1.62. The maximum absolute atomic E-state index is 12.8. The molecule has 136 valence electrons. The van der Waals surface area contributed by atoms with Crippen LogP contribution in [-0.2, 0) is 14.6 Å². The van der Waals surface area contributed by atoms with E-state index in [9.17, 15) is 18.3 Å². The number of rotatable bonds is 2. The molecule has 1 N–H and O–H groups in total. The van der Waals surface area contributed by atoms with Crippen molar-refractivity contribution in [2.24, 2.45) is 11.8 Å². The molecule has 1 aromatic rings. The average Bonchev–Trinajstić information content (AvgIpc) is 2.48. The van der Waals surface area contributed by atoms with Crippen molar-refractivity contribution in [3.8, 4) is 0 Å². The number of ketones is 1.